The van der Waals surface area contributed by atoms with E-state index in [0.717, 1.165) is 34.4 Å². The highest BCUT2D eigenvalue weighted by molar-refractivity contribution is 9.09. The fourth-order valence-electron chi connectivity index (χ4n) is 4.68. The van der Waals surface area contributed by atoms with Gasteiger partial charge in [-0.3, -0.25) is 0 Å². The van der Waals surface area contributed by atoms with Crippen LogP contribution in [0.4, 0.5) is 0 Å². The van der Waals surface area contributed by atoms with Crippen LogP contribution in [0.2, 0.25) is 0 Å². The summed E-state index contributed by atoms with van der Waals surface area (Å²) in [6, 6.07) is 0. The quantitative estimate of drug-likeness (QED) is 0.523. The maximum atomic E-state index is 4.02. The number of hydrogen-bond acceptors (Lipinski definition) is 0. The van der Waals surface area contributed by atoms with Crippen molar-refractivity contribution in [1.82, 2.24) is 0 Å². The molecule has 0 N–H and O–H groups in total. The van der Waals surface area contributed by atoms with Gasteiger partial charge in [-0.15, -0.1) is 0 Å². The van der Waals surface area contributed by atoms with Gasteiger partial charge in [0.2, 0.25) is 0 Å². The van der Waals surface area contributed by atoms with Gasteiger partial charge >= 0.3 is 0 Å². The monoisotopic (exact) mass is 328 g/mol. The number of alkyl halides is 1. The second kappa shape index (κ2) is 6.08. The topological polar surface area (TPSA) is 0 Å². The summed E-state index contributed by atoms with van der Waals surface area (Å²) in [6.07, 6.45) is 8.63. The highest BCUT2D eigenvalue weighted by atomic mass is 79.9. The molecule has 0 saturated heterocycles. The Morgan fingerprint density at radius 3 is 2.11 bits per heavy atom. The van der Waals surface area contributed by atoms with Crippen LogP contribution < -0.4 is 0 Å². The van der Waals surface area contributed by atoms with Gasteiger partial charge in [0.25, 0.3) is 0 Å². The molecule has 0 nitrogen and oxygen atoms in total. The van der Waals surface area contributed by atoms with Crippen molar-refractivity contribution in [2.75, 3.05) is 0 Å². The third-order valence-corrected chi connectivity index (χ3v) is 7.65. The van der Waals surface area contributed by atoms with Crippen LogP contribution in [0.1, 0.15) is 73.1 Å². The van der Waals surface area contributed by atoms with Crippen molar-refractivity contribution in [2.45, 2.75) is 78.0 Å². The lowest BCUT2D eigenvalue weighted by Gasteiger charge is -2.49. The fraction of sp³-hybridized carbons (Fsp3) is 1.00. The van der Waals surface area contributed by atoms with Gasteiger partial charge in [-0.2, -0.15) is 0 Å². The van der Waals surface area contributed by atoms with Gasteiger partial charge in [-0.25, -0.2) is 0 Å². The first-order valence-electron chi connectivity index (χ1n) is 8.46. The van der Waals surface area contributed by atoms with E-state index in [9.17, 15) is 0 Å². The summed E-state index contributed by atoms with van der Waals surface area (Å²) in [5.41, 5.74) is 0.517. The summed E-state index contributed by atoms with van der Waals surface area (Å²) in [6.45, 7) is 12.5. The second-order valence-corrected chi connectivity index (χ2v) is 9.50. The van der Waals surface area contributed by atoms with Crippen LogP contribution in [0.5, 0.6) is 0 Å². The van der Waals surface area contributed by atoms with Crippen molar-refractivity contribution in [3.63, 3.8) is 0 Å². The Hall–Kier alpha value is 0.480. The van der Waals surface area contributed by atoms with Gasteiger partial charge in [0.05, 0.1) is 0 Å². The molecule has 6 unspecified atom stereocenters. The lowest BCUT2D eigenvalue weighted by Crippen LogP contribution is -2.42. The lowest BCUT2D eigenvalue weighted by atomic mass is 9.58. The number of halogens is 1. The zero-order chi connectivity index (χ0) is 14.2. The highest BCUT2D eigenvalue weighted by Gasteiger charge is 2.44. The number of rotatable bonds is 2. The van der Waals surface area contributed by atoms with Crippen LogP contribution in [0, 0.1) is 35.0 Å². The molecule has 2 rings (SSSR count). The zero-order valence-corrected chi connectivity index (χ0v) is 15.2. The largest absolute Gasteiger partial charge is 0.0887 e. The number of hydrogen-bond donors (Lipinski definition) is 0. The maximum absolute atomic E-state index is 4.02. The standard InChI is InChI=1S/C18H33Br/c1-12-6-9-16(17(19)10-12)18(4,5)15-8-7-13(2)14(3)11-15/h12-17H,6-11H2,1-5H3. The Balaban J connectivity index is 2.04. The van der Waals surface area contributed by atoms with E-state index in [1.807, 2.05) is 0 Å². The summed E-state index contributed by atoms with van der Waals surface area (Å²) < 4.78 is 0. The first-order valence-corrected chi connectivity index (χ1v) is 9.38. The predicted molar refractivity (Wildman–Crippen MR) is 88.7 cm³/mol. The minimum Gasteiger partial charge on any atom is -0.0887 e. The predicted octanol–water partition coefficient (Wildman–Crippen LogP) is 6.28. The molecule has 2 fully saturated rings. The summed E-state index contributed by atoms with van der Waals surface area (Å²) in [5.74, 6) is 4.61. The zero-order valence-electron chi connectivity index (χ0n) is 13.6. The Labute approximate surface area is 129 Å². The van der Waals surface area contributed by atoms with Crippen LogP contribution in [0.3, 0.4) is 0 Å². The van der Waals surface area contributed by atoms with Crippen molar-refractivity contribution in [1.29, 1.82) is 0 Å². The van der Waals surface area contributed by atoms with E-state index in [4.69, 9.17) is 0 Å². The van der Waals surface area contributed by atoms with E-state index in [1.165, 1.54) is 38.5 Å². The molecule has 2 aliphatic carbocycles. The molecular weight excluding hydrogens is 296 g/mol. The molecule has 0 aromatic rings. The Bertz CT molecular complexity index is 296. The molecular formula is C18H33Br. The van der Waals surface area contributed by atoms with Gasteiger partial charge in [-0.1, -0.05) is 63.4 Å². The Kier molecular flexibility index (Phi) is 5.07. The van der Waals surface area contributed by atoms with Gasteiger partial charge in [-0.05, 0) is 60.7 Å². The molecule has 1 heteroatoms. The third kappa shape index (κ3) is 3.39. The van der Waals surface area contributed by atoms with Crippen LogP contribution >= 0.6 is 15.9 Å². The summed E-state index contributed by atoms with van der Waals surface area (Å²) in [5, 5.41) is 0. The normalized spacial score (nSPS) is 45.2. The van der Waals surface area contributed by atoms with Crippen molar-refractivity contribution in [2.24, 2.45) is 35.0 Å². The van der Waals surface area contributed by atoms with Crippen LogP contribution in [-0.4, -0.2) is 4.83 Å². The van der Waals surface area contributed by atoms with Gasteiger partial charge < -0.3 is 0 Å². The molecule has 6 atom stereocenters. The molecule has 0 amide bonds. The molecule has 0 aromatic carbocycles. The summed E-state index contributed by atoms with van der Waals surface area (Å²) in [7, 11) is 0. The lowest BCUT2D eigenvalue weighted by molar-refractivity contribution is 0.0302. The summed E-state index contributed by atoms with van der Waals surface area (Å²) in [4.78, 5) is 0.751. The molecule has 2 aliphatic rings. The smallest absolute Gasteiger partial charge is 0.0181 e. The Morgan fingerprint density at radius 1 is 0.842 bits per heavy atom. The first kappa shape index (κ1) is 15.9. The second-order valence-electron chi connectivity index (χ2n) is 8.33. The maximum Gasteiger partial charge on any atom is 0.0181 e. The minimum atomic E-state index is 0.517. The molecule has 19 heavy (non-hydrogen) atoms. The van der Waals surface area contributed by atoms with E-state index in [2.05, 4.69) is 50.5 Å². The average molecular weight is 329 g/mol. The molecule has 0 aliphatic heterocycles. The molecule has 0 heterocycles. The minimum absolute atomic E-state index is 0.517. The molecule has 0 spiro atoms. The van der Waals surface area contributed by atoms with Crippen molar-refractivity contribution in [3.8, 4) is 0 Å². The van der Waals surface area contributed by atoms with Gasteiger partial charge in [0.15, 0.2) is 0 Å². The highest BCUT2D eigenvalue weighted by Crippen LogP contribution is 2.52. The first-order chi connectivity index (χ1) is 8.82. The van der Waals surface area contributed by atoms with Crippen molar-refractivity contribution < 1.29 is 0 Å². The van der Waals surface area contributed by atoms with Gasteiger partial charge in [0.1, 0.15) is 0 Å². The van der Waals surface area contributed by atoms with Crippen LogP contribution in [0.15, 0.2) is 0 Å². The summed E-state index contributed by atoms with van der Waals surface area (Å²) >= 11 is 4.02. The molecule has 112 valence electrons. The molecule has 0 aromatic heterocycles. The molecule has 2 saturated carbocycles. The van der Waals surface area contributed by atoms with E-state index < -0.39 is 0 Å². The van der Waals surface area contributed by atoms with Crippen LogP contribution in [0.25, 0.3) is 0 Å². The third-order valence-electron chi connectivity index (χ3n) is 6.64. The Morgan fingerprint density at radius 2 is 1.53 bits per heavy atom. The molecule has 0 bridgehead atoms. The SMILES string of the molecule is CC1CCC(C(C)(C)C2CCC(C)C(C)C2)C(Br)C1. The van der Waals surface area contributed by atoms with E-state index in [1.54, 1.807) is 0 Å². The average Bonchev–Trinajstić information content (AvgIpc) is 2.32. The van der Waals surface area contributed by atoms with E-state index in [0.29, 0.717) is 5.41 Å². The van der Waals surface area contributed by atoms with Crippen molar-refractivity contribution in [3.05, 3.63) is 0 Å². The van der Waals surface area contributed by atoms with Crippen molar-refractivity contribution >= 4 is 15.9 Å². The molecule has 0 radical (unpaired) electrons. The fourth-order valence-corrected chi connectivity index (χ4v) is 6.26. The van der Waals surface area contributed by atoms with Gasteiger partial charge in [0, 0.05) is 4.83 Å². The van der Waals surface area contributed by atoms with Crippen LogP contribution in [-0.2, 0) is 0 Å². The van der Waals surface area contributed by atoms with E-state index in [-0.39, 0.29) is 0 Å². The van der Waals surface area contributed by atoms with E-state index >= 15 is 0 Å².